The summed E-state index contributed by atoms with van der Waals surface area (Å²) in [4.78, 5) is 11.6. The Morgan fingerprint density at radius 3 is 2.85 bits per heavy atom. The lowest BCUT2D eigenvalue weighted by molar-refractivity contribution is -0.124. The van der Waals surface area contributed by atoms with Gasteiger partial charge in [-0.25, -0.2) is 0 Å². The van der Waals surface area contributed by atoms with E-state index in [4.69, 9.17) is 9.84 Å². The van der Waals surface area contributed by atoms with E-state index in [1.54, 1.807) is 6.92 Å². The van der Waals surface area contributed by atoms with E-state index < -0.39 is 0 Å². The lowest BCUT2D eigenvalue weighted by Gasteiger charge is -2.13. The molecule has 0 bridgehead atoms. The van der Waals surface area contributed by atoms with Crippen LogP contribution in [0.4, 0.5) is 0 Å². The molecule has 0 spiro atoms. The topological polar surface area (TPSA) is 58.6 Å². The molecular weight excluding hydrogens is 322 g/mol. The molecule has 1 atom stereocenters. The van der Waals surface area contributed by atoms with Crippen molar-refractivity contribution in [1.29, 1.82) is 0 Å². The Morgan fingerprint density at radius 1 is 1.35 bits per heavy atom. The lowest BCUT2D eigenvalue weighted by atomic mass is 10.1. The van der Waals surface area contributed by atoms with Crippen LogP contribution in [0.1, 0.15) is 6.92 Å². The van der Waals surface area contributed by atoms with Gasteiger partial charge < -0.3 is 15.2 Å². The maximum atomic E-state index is 11.6. The fourth-order valence-corrected chi connectivity index (χ4v) is 2.44. The van der Waals surface area contributed by atoms with E-state index in [9.17, 15) is 4.79 Å². The minimum Gasteiger partial charge on any atom is -0.483 e. The monoisotopic (exact) mass is 337 g/mol. The summed E-state index contributed by atoms with van der Waals surface area (Å²) in [5.74, 6) is 0.363. The van der Waals surface area contributed by atoms with Crippen LogP contribution in [0.15, 0.2) is 40.9 Å². The van der Waals surface area contributed by atoms with Crippen LogP contribution >= 0.6 is 15.9 Å². The summed E-state index contributed by atoms with van der Waals surface area (Å²) < 4.78 is 6.34. The smallest absolute Gasteiger partial charge is 0.258 e. The van der Waals surface area contributed by atoms with Gasteiger partial charge in [-0.3, -0.25) is 4.79 Å². The van der Waals surface area contributed by atoms with Gasteiger partial charge in [-0.1, -0.05) is 30.3 Å². The normalized spacial score (nSPS) is 12.2. The van der Waals surface area contributed by atoms with Crippen molar-refractivity contribution in [1.82, 2.24) is 5.32 Å². The van der Waals surface area contributed by atoms with Crippen molar-refractivity contribution in [3.05, 3.63) is 40.9 Å². The van der Waals surface area contributed by atoms with Crippen molar-refractivity contribution in [2.75, 3.05) is 13.2 Å². The Balaban J connectivity index is 2.07. The molecule has 0 radical (unpaired) electrons. The van der Waals surface area contributed by atoms with Gasteiger partial charge in [0.05, 0.1) is 11.1 Å². The number of aliphatic hydroxyl groups excluding tert-OH is 1. The van der Waals surface area contributed by atoms with E-state index >= 15 is 0 Å². The van der Waals surface area contributed by atoms with Gasteiger partial charge in [0.25, 0.3) is 5.91 Å². The van der Waals surface area contributed by atoms with Crippen molar-refractivity contribution >= 4 is 32.6 Å². The second-order valence-electron chi connectivity index (χ2n) is 4.54. The highest BCUT2D eigenvalue weighted by atomic mass is 79.9. The summed E-state index contributed by atoms with van der Waals surface area (Å²) in [5.41, 5.74) is 0. The molecule has 20 heavy (non-hydrogen) atoms. The lowest BCUT2D eigenvalue weighted by Crippen LogP contribution is -2.38. The molecule has 2 N–H and O–H groups in total. The number of ether oxygens (including phenoxy) is 1. The predicted molar refractivity (Wildman–Crippen MR) is 81.8 cm³/mol. The molecule has 0 aliphatic rings. The van der Waals surface area contributed by atoms with Gasteiger partial charge in [-0.15, -0.1) is 0 Å². The molecule has 1 amide bonds. The Kier molecular flexibility index (Phi) is 4.98. The average Bonchev–Trinajstić information content (AvgIpc) is 2.46. The van der Waals surface area contributed by atoms with Crippen LogP contribution < -0.4 is 10.1 Å². The molecule has 5 heteroatoms. The number of rotatable bonds is 5. The fourth-order valence-electron chi connectivity index (χ4n) is 1.83. The highest BCUT2D eigenvalue weighted by Gasteiger charge is 2.10. The Hall–Kier alpha value is -1.59. The number of benzene rings is 2. The molecule has 0 saturated carbocycles. The SMILES string of the molecule is CC(CO)NC(=O)COc1ccc2ccccc2c1Br. The first-order valence-corrected chi connectivity index (χ1v) is 7.11. The second-order valence-corrected chi connectivity index (χ2v) is 5.33. The molecule has 1 unspecified atom stereocenters. The standard InChI is InChI=1S/C15H16BrNO3/c1-10(8-18)17-14(19)9-20-13-7-6-11-4-2-3-5-12(11)15(13)16/h2-7,10,18H,8-9H2,1H3,(H,17,19). The Morgan fingerprint density at radius 2 is 2.10 bits per heavy atom. The maximum Gasteiger partial charge on any atom is 0.258 e. The van der Waals surface area contributed by atoms with Crippen molar-refractivity contribution in [3.63, 3.8) is 0 Å². The summed E-state index contributed by atoms with van der Waals surface area (Å²) in [6.45, 7) is 1.55. The number of carbonyl (C=O) groups excluding carboxylic acids is 1. The molecule has 2 rings (SSSR count). The molecule has 0 heterocycles. The summed E-state index contributed by atoms with van der Waals surface area (Å²) in [5, 5.41) is 13.6. The summed E-state index contributed by atoms with van der Waals surface area (Å²) in [6.07, 6.45) is 0. The first kappa shape index (κ1) is 14.8. The minimum absolute atomic E-state index is 0.0821. The first-order valence-electron chi connectivity index (χ1n) is 6.32. The molecule has 0 fully saturated rings. The van der Waals surface area contributed by atoms with Gasteiger partial charge in [0.2, 0.25) is 0 Å². The van der Waals surface area contributed by atoms with Gasteiger partial charge in [0.1, 0.15) is 5.75 Å². The first-order chi connectivity index (χ1) is 9.61. The molecule has 0 aliphatic carbocycles. The number of nitrogens with one attached hydrogen (secondary N) is 1. The van der Waals surface area contributed by atoms with E-state index in [1.807, 2.05) is 36.4 Å². The van der Waals surface area contributed by atoms with Crippen LogP contribution in [0, 0.1) is 0 Å². The van der Waals surface area contributed by atoms with E-state index in [2.05, 4.69) is 21.2 Å². The van der Waals surface area contributed by atoms with Crippen molar-refractivity contribution in [2.24, 2.45) is 0 Å². The molecular formula is C15H16BrNO3. The van der Waals surface area contributed by atoms with Crippen LogP contribution in [0.5, 0.6) is 5.75 Å². The van der Waals surface area contributed by atoms with Crippen LogP contribution in [0.25, 0.3) is 10.8 Å². The largest absolute Gasteiger partial charge is 0.483 e. The van der Waals surface area contributed by atoms with E-state index in [0.29, 0.717) is 5.75 Å². The third-order valence-corrected chi connectivity index (χ3v) is 3.69. The zero-order valence-electron chi connectivity index (χ0n) is 11.1. The molecule has 2 aromatic rings. The van der Waals surface area contributed by atoms with Crippen molar-refractivity contribution in [3.8, 4) is 5.75 Å². The van der Waals surface area contributed by atoms with Gasteiger partial charge in [0, 0.05) is 6.04 Å². The second kappa shape index (κ2) is 6.72. The van der Waals surface area contributed by atoms with Crippen LogP contribution in [0.3, 0.4) is 0 Å². The molecule has 2 aromatic carbocycles. The number of amides is 1. The third kappa shape index (κ3) is 3.49. The van der Waals surface area contributed by atoms with Gasteiger partial charge in [-0.05, 0) is 39.7 Å². The average molecular weight is 338 g/mol. The van der Waals surface area contributed by atoms with Gasteiger partial charge in [0.15, 0.2) is 6.61 Å². The quantitative estimate of drug-likeness (QED) is 0.881. The maximum absolute atomic E-state index is 11.6. The highest BCUT2D eigenvalue weighted by molar-refractivity contribution is 9.10. The zero-order chi connectivity index (χ0) is 14.5. The molecule has 106 valence electrons. The van der Waals surface area contributed by atoms with E-state index in [0.717, 1.165) is 15.2 Å². The highest BCUT2D eigenvalue weighted by Crippen LogP contribution is 2.32. The van der Waals surface area contributed by atoms with Crippen LogP contribution in [-0.4, -0.2) is 30.3 Å². The summed E-state index contributed by atoms with van der Waals surface area (Å²) in [6, 6.07) is 11.4. The van der Waals surface area contributed by atoms with Crippen molar-refractivity contribution in [2.45, 2.75) is 13.0 Å². The van der Waals surface area contributed by atoms with Crippen LogP contribution in [-0.2, 0) is 4.79 Å². The zero-order valence-corrected chi connectivity index (χ0v) is 12.7. The minimum atomic E-state index is -0.272. The van der Waals surface area contributed by atoms with E-state index in [1.165, 1.54) is 0 Å². The number of fused-ring (bicyclic) bond motifs is 1. The van der Waals surface area contributed by atoms with Gasteiger partial charge in [-0.2, -0.15) is 0 Å². The van der Waals surface area contributed by atoms with Gasteiger partial charge >= 0.3 is 0 Å². The number of halogens is 1. The van der Waals surface area contributed by atoms with Crippen molar-refractivity contribution < 1.29 is 14.6 Å². The van der Waals surface area contributed by atoms with E-state index in [-0.39, 0.29) is 25.2 Å². The Labute approximate surface area is 125 Å². The summed E-state index contributed by atoms with van der Waals surface area (Å²) in [7, 11) is 0. The summed E-state index contributed by atoms with van der Waals surface area (Å²) >= 11 is 3.50. The number of hydrogen-bond donors (Lipinski definition) is 2. The number of carbonyl (C=O) groups is 1. The Bertz CT molecular complexity index is 615. The fraction of sp³-hybridized carbons (Fsp3) is 0.267. The number of hydrogen-bond acceptors (Lipinski definition) is 3. The molecule has 0 aromatic heterocycles. The molecule has 0 aliphatic heterocycles. The predicted octanol–water partition coefficient (Wildman–Crippen LogP) is 2.48. The molecule has 4 nitrogen and oxygen atoms in total. The third-order valence-electron chi connectivity index (χ3n) is 2.87. The molecule has 0 saturated heterocycles. The van der Waals surface area contributed by atoms with Crippen LogP contribution in [0.2, 0.25) is 0 Å². The number of aliphatic hydroxyl groups is 1.